The first-order valence-electron chi connectivity index (χ1n) is 6.47. The Morgan fingerprint density at radius 3 is 2.45 bits per heavy atom. The van der Waals surface area contributed by atoms with Crippen molar-refractivity contribution < 1.29 is 24.2 Å². The van der Waals surface area contributed by atoms with Crippen molar-refractivity contribution in [2.75, 3.05) is 0 Å². The minimum atomic E-state index is -0.887. The van der Waals surface area contributed by atoms with Crippen LogP contribution in [0.2, 0.25) is 0 Å². The van der Waals surface area contributed by atoms with Gasteiger partial charge in [-0.05, 0) is 48.6 Å². The number of aliphatic carboxylic acids is 1. The number of ether oxygens (including phenoxy) is 2. The Morgan fingerprint density at radius 2 is 1.90 bits per heavy atom. The fourth-order valence-electron chi connectivity index (χ4n) is 2.72. The van der Waals surface area contributed by atoms with E-state index < -0.39 is 12.1 Å². The van der Waals surface area contributed by atoms with Gasteiger partial charge in [0.15, 0.2) is 0 Å². The molecule has 1 aromatic rings. The van der Waals surface area contributed by atoms with Gasteiger partial charge in [-0.1, -0.05) is 0 Å². The molecule has 1 N–H and O–H groups in total. The highest BCUT2D eigenvalue weighted by Gasteiger charge is 2.31. The summed E-state index contributed by atoms with van der Waals surface area (Å²) < 4.78 is 10.9. The number of hydrogen-bond donors (Lipinski definition) is 1. The Balaban J connectivity index is 2.54. The molecule has 1 heterocycles. The van der Waals surface area contributed by atoms with Gasteiger partial charge in [0.1, 0.15) is 5.75 Å². The van der Waals surface area contributed by atoms with E-state index in [0.29, 0.717) is 12.4 Å². The third kappa shape index (κ3) is 2.41. The maximum atomic E-state index is 11.2. The Morgan fingerprint density at radius 1 is 1.25 bits per heavy atom. The van der Waals surface area contributed by atoms with Crippen molar-refractivity contribution in [1.82, 2.24) is 0 Å². The van der Waals surface area contributed by atoms with Crippen molar-refractivity contribution in [2.45, 2.75) is 46.8 Å². The van der Waals surface area contributed by atoms with Crippen molar-refractivity contribution in [3.63, 3.8) is 0 Å². The number of carbonyl (C=O) groups excluding carboxylic acids is 1. The molecule has 1 unspecified atom stereocenters. The van der Waals surface area contributed by atoms with E-state index in [4.69, 9.17) is 14.6 Å². The van der Waals surface area contributed by atoms with Gasteiger partial charge in [-0.3, -0.25) is 9.59 Å². The lowest BCUT2D eigenvalue weighted by Crippen LogP contribution is -2.10. The van der Waals surface area contributed by atoms with Crippen LogP contribution in [0.25, 0.3) is 0 Å². The second-order valence-electron chi connectivity index (χ2n) is 5.09. The van der Waals surface area contributed by atoms with Crippen LogP contribution in [0.3, 0.4) is 0 Å². The maximum absolute atomic E-state index is 11.2. The molecule has 0 bridgehead atoms. The summed E-state index contributed by atoms with van der Waals surface area (Å²) in [4.78, 5) is 22.1. The molecule has 0 amide bonds. The molecule has 1 atom stereocenters. The molecule has 108 valence electrons. The predicted molar refractivity (Wildman–Crippen MR) is 71.7 cm³/mol. The molecule has 5 nitrogen and oxygen atoms in total. The van der Waals surface area contributed by atoms with Gasteiger partial charge in [-0.15, -0.1) is 0 Å². The lowest BCUT2D eigenvalue weighted by molar-refractivity contribution is -0.140. The fourth-order valence-corrected chi connectivity index (χ4v) is 2.72. The normalized spacial score (nSPS) is 16.9. The number of carbonyl (C=O) groups is 2. The number of rotatable bonds is 3. The highest BCUT2D eigenvalue weighted by Crippen LogP contribution is 2.43. The van der Waals surface area contributed by atoms with E-state index in [9.17, 15) is 9.59 Å². The number of carboxylic acid groups (broad SMARTS) is 1. The van der Waals surface area contributed by atoms with Crippen LogP contribution in [-0.4, -0.2) is 17.0 Å². The summed E-state index contributed by atoms with van der Waals surface area (Å²) in [5.74, 6) is -0.688. The third-order valence-corrected chi connectivity index (χ3v) is 3.78. The van der Waals surface area contributed by atoms with Crippen molar-refractivity contribution in [3.05, 3.63) is 27.8 Å². The molecule has 0 radical (unpaired) electrons. The second-order valence-corrected chi connectivity index (χ2v) is 5.09. The Labute approximate surface area is 117 Å². The van der Waals surface area contributed by atoms with Gasteiger partial charge in [0, 0.05) is 6.92 Å². The summed E-state index contributed by atoms with van der Waals surface area (Å²) in [5.41, 5.74) is 4.52. The molecule has 0 saturated heterocycles. The van der Waals surface area contributed by atoms with Crippen LogP contribution in [0.15, 0.2) is 0 Å². The summed E-state index contributed by atoms with van der Waals surface area (Å²) in [6.07, 6.45) is -0.481. The van der Waals surface area contributed by atoms with E-state index in [1.807, 2.05) is 20.8 Å². The quantitative estimate of drug-likeness (QED) is 0.679. The SMILES string of the molecule is CC(=O)Oc1c(C)c(C)c2c(c1C)COC2CC(=O)O. The van der Waals surface area contributed by atoms with E-state index in [1.54, 1.807) is 0 Å². The number of esters is 1. The van der Waals surface area contributed by atoms with Gasteiger partial charge in [-0.25, -0.2) is 0 Å². The van der Waals surface area contributed by atoms with Gasteiger partial charge < -0.3 is 14.6 Å². The van der Waals surface area contributed by atoms with E-state index >= 15 is 0 Å². The number of carboxylic acids is 1. The summed E-state index contributed by atoms with van der Waals surface area (Å²) in [6.45, 7) is 7.37. The fraction of sp³-hybridized carbons (Fsp3) is 0.467. The van der Waals surface area contributed by atoms with Crippen molar-refractivity contribution in [2.24, 2.45) is 0 Å². The average Bonchev–Trinajstić information content (AvgIpc) is 2.74. The van der Waals surface area contributed by atoms with Crippen LogP contribution in [0.5, 0.6) is 5.75 Å². The zero-order chi connectivity index (χ0) is 15.0. The molecule has 2 rings (SSSR count). The lowest BCUT2D eigenvalue weighted by Gasteiger charge is -2.18. The van der Waals surface area contributed by atoms with E-state index in [1.165, 1.54) is 6.92 Å². The number of fused-ring (bicyclic) bond motifs is 1. The van der Waals surface area contributed by atoms with Gasteiger partial charge in [-0.2, -0.15) is 0 Å². The molecule has 20 heavy (non-hydrogen) atoms. The highest BCUT2D eigenvalue weighted by atomic mass is 16.5. The van der Waals surface area contributed by atoms with Crippen LogP contribution in [0.1, 0.15) is 47.3 Å². The van der Waals surface area contributed by atoms with E-state index in [2.05, 4.69) is 0 Å². The molecule has 1 aliphatic heterocycles. The van der Waals surface area contributed by atoms with Crippen LogP contribution in [0.4, 0.5) is 0 Å². The average molecular weight is 278 g/mol. The molecule has 0 aliphatic carbocycles. The van der Waals surface area contributed by atoms with Crippen LogP contribution in [0, 0.1) is 20.8 Å². The van der Waals surface area contributed by atoms with Crippen molar-refractivity contribution >= 4 is 11.9 Å². The molecule has 0 aromatic heterocycles. The van der Waals surface area contributed by atoms with Gasteiger partial charge in [0.25, 0.3) is 0 Å². The van der Waals surface area contributed by atoms with E-state index in [0.717, 1.165) is 27.8 Å². The van der Waals surface area contributed by atoms with Crippen LogP contribution >= 0.6 is 0 Å². The smallest absolute Gasteiger partial charge is 0.308 e. The van der Waals surface area contributed by atoms with Gasteiger partial charge >= 0.3 is 11.9 Å². The lowest BCUT2D eigenvalue weighted by atomic mass is 9.90. The third-order valence-electron chi connectivity index (χ3n) is 3.78. The van der Waals surface area contributed by atoms with Gasteiger partial charge in [0.2, 0.25) is 0 Å². The molecule has 0 spiro atoms. The Bertz CT molecular complexity index is 589. The summed E-state index contributed by atoms with van der Waals surface area (Å²) >= 11 is 0. The van der Waals surface area contributed by atoms with Crippen molar-refractivity contribution in [1.29, 1.82) is 0 Å². The molecule has 0 saturated carbocycles. The van der Waals surface area contributed by atoms with E-state index in [-0.39, 0.29) is 12.4 Å². The minimum absolute atomic E-state index is 0.0559. The van der Waals surface area contributed by atoms with Gasteiger partial charge in [0.05, 0.1) is 19.1 Å². The zero-order valence-electron chi connectivity index (χ0n) is 12.1. The molecule has 5 heteroatoms. The van der Waals surface area contributed by atoms with Crippen molar-refractivity contribution in [3.8, 4) is 5.75 Å². The first-order valence-corrected chi connectivity index (χ1v) is 6.47. The molecule has 1 aliphatic rings. The first-order chi connectivity index (χ1) is 9.32. The van der Waals surface area contributed by atoms with Crippen LogP contribution in [-0.2, 0) is 20.9 Å². The Hall–Kier alpha value is -1.88. The standard InChI is InChI=1S/C15H18O5/c1-7-8(2)15(20-10(4)16)9(3)11-6-19-12(14(7)11)5-13(17)18/h12H,5-6H2,1-4H3,(H,17,18). The monoisotopic (exact) mass is 278 g/mol. The predicted octanol–water partition coefficient (Wildman–Crippen LogP) is 2.58. The largest absolute Gasteiger partial charge is 0.481 e. The minimum Gasteiger partial charge on any atom is -0.481 e. The summed E-state index contributed by atoms with van der Waals surface area (Å²) in [6, 6.07) is 0. The van der Waals surface area contributed by atoms with Crippen LogP contribution < -0.4 is 4.74 Å². The first kappa shape index (κ1) is 14.5. The maximum Gasteiger partial charge on any atom is 0.308 e. The molecular formula is C15H18O5. The number of benzene rings is 1. The zero-order valence-corrected chi connectivity index (χ0v) is 12.1. The molecular weight excluding hydrogens is 260 g/mol. The topological polar surface area (TPSA) is 72.8 Å². The summed E-state index contributed by atoms with van der Waals surface area (Å²) in [5, 5.41) is 8.95. The molecule has 1 aromatic carbocycles. The second kappa shape index (κ2) is 5.25. The Kier molecular flexibility index (Phi) is 3.81. The molecule has 0 fully saturated rings. The highest BCUT2D eigenvalue weighted by molar-refractivity contribution is 5.72. The number of hydrogen-bond acceptors (Lipinski definition) is 4. The summed E-state index contributed by atoms with van der Waals surface area (Å²) in [7, 11) is 0.